The van der Waals surface area contributed by atoms with Gasteiger partial charge in [0.25, 0.3) is 5.91 Å². The molecule has 0 heterocycles. The Morgan fingerprint density at radius 1 is 1.04 bits per heavy atom. The zero-order valence-electron chi connectivity index (χ0n) is 12.6. The van der Waals surface area contributed by atoms with Gasteiger partial charge in [-0.05, 0) is 35.4 Å². The molecule has 0 bridgehead atoms. The molecule has 0 spiro atoms. The van der Waals surface area contributed by atoms with Gasteiger partial charge in [-0.25, -0.2) is 8.42 Å². The van der Waals surface area contributed by atoms with Crippen LogP contribution in [0.1, 0.15) is 27.0 Å². The highest BCUT2D eigenvalue weighted by molar-refractivity contribution is 7.89. The lowest BCUT2D eigenvalue weighted by Crippen LogP contribution is -2.22. The van der Waals surface area contributed by atoms with E-state index in [1.165, 1.54) is 6.26 Å². The standard InChI is InChI=1S/C17H16N2O3S/c1-23(21,22)12-15-6-8-16(9-7-15)17(20)19-11-14-4-2-13(10-18)3-5-14/h2-9H,11-12H2,1H3,(H,19,20). The first-order chi connectivity index (χ1) is 10.9. The molecule has 5 nitrogen and oxygen atoms in total. The summed E-state index contributed by atoms with van der Waals surface area (Å²) in [5.41, 5.74) is 2.58. The first-order valence-electron chi connectivity index (χ1n) is 6.91. The maximum atomic E-state index is 12.1. The second kappa shape index (κ2) is 7.07. The summed E-state index contributed by atoms with van der Waals surface area (Å²) >= 11 is 0. The maximum Gasteiger partial charge on any atom is 0.251 e. The van der Waals surface area contributed by atoms with Gasteiger partial charge in [-0.3, -0.25) is 4.79 Å². The number of benzene rings is 2. The summed E-state index contributed by atoms with van der Waals surface area (Å²) < 4.78 is 22.5. The molecule has 118 valence electrons. The van der Waals surface area contributed by atoms with Crippen LogP contribution in [0, 0.1) is 11.3 Å². The van der Waals surface area contributed by atoms with Crippen molar-refractivity contribution >= 4 is 15.7 Å². The summed E-state index contributed by atoms with van der Waals surface area (Å²) in [4.78, 5) is 12.1. The van der Waals surface area contributed by atoms with Crippen LogP contribution in [0.5, 0.6) is 0 Å². The molecule has 1 N–H and O–H groups in total. The lowest BCUT2D eigenvalue weighted by atomic mass is 10.1. The molecule has 0 fully saturated rings. The summed E-state index contributed by atoms with van der Waals surface area (Å²) in [5, 5.41) is 11.5. The Labute approximate surface area is 135 Å². The van der Waals surface area contributed by atoms with E-state index in [0.717, 1.165) is 5.56 Å². The van der Waals surface area contributed by atoms with Gasteiger partial charge >= 0.3 is 0 Å². The number of carbonyl (C=O) groups excluding carboxylic acids is 1. The largest absolute Gasteiger partial charge is 0.348 e. The Bertz CT molecular complexity index is 833. The van der Waals surface area contributed by atoms with Gasteiger partial charge in [-0.1, -0.05) is 24.3 Å². The molecule has 6 heteroatoms. The first-order valence-corrected chi connectivity index (χ1v) is 8.97. The molecule has 0 atom stereocenters. The molecule has 2 aromatic carbocycles. The highest BCUT2D eigenvalue weighted by Gasteiger charge is 2.08. The fourth-order valence-electron chi connectivity index (χ4n) is 2.04. The molecule has 2 aromatic rings. The molecule has 0 saturated heterocycles. The van der Waals surface area contributed by atoms with Crippen molar-refractivity contribution in [3.05, 3.63) is 70.8 Å². The fraction of sp³-hybridized carbons (Fsp3) is 0.176. The monoisotopic (exact) mass is 328 g/mol. The van der Waals surface area contributed by atoms with Gasteiger partial charge in [0.2, 0.25) is 0 Å². The van der Waals surface area contributed by atoms with Crippen molar-refractivity contribution in [2.24, 2.45) is 0 Å². The average molecular weight is 328 g/mol. The molecule has 23 heavy (non-hydrogen) atoms. The van der Waals surface area contributed by atoms with Crippen LogP contribution in [0.4, 0.5) is 0 Å². The molecule has 0 radical (unpaired) electrons. The topological polar surface area (TPSA) is 87.0 Å². The Hall–Kier alpha value is -2.65. The molecule has 0 aromatic heterocycles. The van der Waals surface area contributed by atoms with Gasteiger partial charge < -0.3 is 5.32 Å². The quantitative estimate of drug-likeness (QED) is 0.910. The average Bonchev–Trinajstić information content (AvgIpc) is 2.52. The predicted molar refractivity (Wildman–Crippen MR) is 87.3 cm³/mol. The van der Waals surface area contributed by atoms with Crippen molar-refractivity contribution < 1.29 is 13.2 Å². The summed E-state index contributed by atoms with van der Waals surface area (Å²) in [6, 6.07) is 15.5. The van der Waals surface area contributed by atoms with Crippen molar-refractivity contribution in [2.75, 3.05) is 6.26 Å². The van der Waals surface area contributed by atoms with Gasteiger partial charge in [0.15, 0.2) is 9.84 Å². The van der Waals surface area contributed by atoms with Gasteiger partial charge in [-0.2, -0.15) is 5.26 Å². The number of hydrogen-bond donors (Lipinski definition) is 1. The molecule has 0 saturated carbocycles. The van der Waals surface area contributed by atoms with Crippen LogP contribution in [0.2, 0.25) is 0 Å². The van der Waals surface area contributed by atoms with E-state index in [9.17, 15) is 13.2 Å². The smallest absolute Gasteiger partial charge is 0.251 e. The van der Waals surface area contributed by atoms with E-state index in [1.807, 2.05) is 6.07 Å². The third-order valence-electron chi connectivity index (χ3n) is 3.18. The number of sulfone groups is 1. The number of amides is 1. The van der Waals surface area contributed by atoms with Gasteiger partial charge in [0, 0.05) is 18.4 Å². The third kappa shape index (κ3) is 5.24. The normalized spacial score (nSPS) is 10.8. The number of nitriles is 1. The van der Waals surface area contributed by atoms with Gasteiger partial charge in [0.05, 0.1) is 17.4 Å². The Kier molecular flexibility index (Phi) is 5.14. The molecule has 2 rings (SSSR count). The Morgan fingerprint density at radius 2 is 1.61 bits per heavy atom. The van der Waals surface area contributed by atoms with Crippen LogP contribution in [-0.4, -0.2) is 20.6 Å². The fourth-order valence-corrected chi connectivity index (χ4v) is 2.83. The summed E-state index contributed by atoms with van der Waals surface area (Å²) in [6.07, 6.45) is 1.17. The van der Waals surface area contributed by atoms with Crippen LogP contribution in [0.25, 0.3) is 0 Å². The van der Waals surface area contributed by atoms with Crippen molar-refractivity contribution in [3.8, 4) is 6.07 Å². The van der Waals surface area contributed by atoms with Crippen molar-refractivity contribution in [1.82, 2.24) is 5.32 Å². The number of nitrogens with one attached hydrogen (secondary N) is 1. The van der Waals surface area contributed by atoms with E-state index >= 15 is 0 Å². The lowest BCUT2D eigenvalue weighted by Gasteiger charge is -2.06. The van der Waals surface area contributed by atoms with Crippen LogP contribution in [-0.2, 0) is 22.1 Å². The molecular weight excluding hydrogens is 312 g/mol. The van der Waals surface area contributed by atoms with E-state index in [2.05, 4.69) is 5.32 Å². The van der Waals surface area contributed by atoms with Crippen LogP contribution in [0.15, 0.2) is 48.5 Å². The van der Waals surface area contributed by atoms with Crippen molar-refractivity contribution in [1.29, 1.82) is 5.26 Å². The second-order valence-corrected chi connectivity index (χ2v) is 7.40. The van der Waals surface area contributed by atoms with Gasteiger partial charge in [-0.15, -0.1) is 0 Å². The van der Waals surface area contributed by atoms with Crippen LogP contribution < -0.4 is 5.32 Å². The molecular formula is C17H16N2O3S. The molecule has 0 aliphatic heterocycles. The van der Waals surface area contributed by atoms with Crippen molar-refractivity contribution in [3.63, 3.8) is 0 Å². The van der Waals surface area contributed by atoms with Crippen LogP contribution in [0.3, 0.4) is 0 Å². The SMILES string of the molecule is CS(=O)(=O)Cc1ccc(C(=O)NCc2ccc(C#N)cc2)cc1. The van der Waals surface area contributed by atoms with Crippen LogP contribution >= 0.6 is 0 Å². The first kappa shape index (κ1) is 16.7. The number of rotatable bonds is 5. The minimum Gasteiger partial charge on any atom is -0.348 e. The van der Waals surface area contributed by atoms with E-state index in [4.69, 9.17) is 5.26 Å². The molecule has 1 amide bonds. The summed E-state index contributed by atoms with van der Waals surface area (Å²) in [5.74, 6) is -0.277. The molecule has 0 unspecified atom stereocenters. The number of hydrogen-bond acceptors (Lipinski definition) is 4. The number of carbonyl (C=O) groups is 1. The highest BCUT2D eigenvalue weighted by atomic mass is 32.2. The van der Waals surface area contributed by atoms with Crippen molar-refractivity contribution in [2.45, 2.75) is 12.3 Å². The molecule has 0 aliphatic carbocycles. The second-order valence-electron chi connectivity index (χ2n) is 5.26. The third-order valence-corrected chi connectivity index (χ3v) is 4.04. The predicted octanol–water partition coefficient (Wildman–Crippen LogP) is 2.03. The minimum absolute atomic E-state index is 0.0415. The minimum atomic E-state index is -3.09. The Morgan fingerprint density at radius 3 is 2.13 bits per heavy atom. The summed E-state index contributed by atoms with van der Waals surface area (Å²) in [7, 11) is -3.09. The van der Waals surface area contributed by atoms with Gasteiger partial charge in [0.1, 0.15) is 0 Å². The summed E-state index contributed by atoms with van der Waals surface area (Å²) in [6.45, 7) is 0.357. The zero-order chi connectivity index (χ0) is 16.9. The van der Waals surface area contributed by atoms with E-state index in [-0.39, 0.29) is 11.7 Å². The van der Waals surface area contributed by atoms with E-state index in [1.54, 1.807) is 48.5 Å². The number of nitrogens with zero attached hydrogens (tertiary/aromatic N) is 1. The zero-order valence-corrected chi connectivity index (χ0v) is 13.4. The lowest BCUT2D eigenvalue weighted by molar-refractivity contribution is 0.0951. The maximum absolute atomic E-state index is 12.1. The molecule has 0 aliphatic rings. The van der Waals surface area contributed by atoms with E-state index < -0.39 is 9.84 Å². The Balaban J connectivity index is 1.96. The highest BCUT2D eigenvalue weighted by Crippen LogP contribution is 2.09. The van der Waals surface area contributed by atoms with E-state index in [0.29, 0.717) is 23.2 Å².